The van der Waals surface area contributed by atoms with E-state index in [1.807, 2.05) is 0 Å². The van der Waals surface area contributed by atoms with Gasteiger partial charge in [-0.15, -0.1) is 0 Å². The fourth-order valence-electron chi connectivity index (χ4n) is 5.39. The van der Waals surface area contributed by atoms with Gasteiger partial charge in [-0.1, -0.05) is 24.3 Å². The van der Waals surface area contributed by atoms with Crippen LogP contribution < -0.4 is 11.2 Å². The van der Waals surface area contributed by atoms with E-state index in [0.29, 0.717) is 16.8 Å². The SMILES string of the molecule is Cc1ccc(F)cc1C(C)(CC(O)(Cc1cc2c(=O)n(C)c(=O)[nH]c2[nH]1)C(F)(F)F)c1cc2ccccc2[nH]1. The molecule has 11 heteroatoms. The van der Waals surface area contributed by atoms with Crippen LogP contribution in [-0.4, -0.2) is 36.4 Å². The van der Waals surface area contributed by atoms with Crippen molar-refractivity contribution < 1.29 is 22.7 Å². The Morgan fingerprint density at radius 3 is 2.38 bits per heavy atom. The highest BCUT2D eigenvalue weighted by Crippen LogP contribution is 2.47. The number of alkyl halides is 3. The van der Waals surface area contributed by atoms with E-state index in [1.165, 1.54) is 38.2 Å². The second-order valence-electron chi connectivity index (χ2n) is 10.3. The monoisotopic (exact) mass is 542 g/mol. The number of aromatic nitrogens is 4. The number of aliphatic hydroxyl groups is 1. The molecule has 5 rings (SSSR count). The lowest BCUT2D eigenvalue weighted by Crippen LogP contribution is -2.52. The number of halogens is 4. The zero-order valence-corrected chi connectivity index (χ0v) is 21.3. The van der Waals surface area contributed by atoms with Crippen LogP contribution in [0.2, 0.25) is 0 Å². The topological polar surface area (TPSA) is 107 Å². The minimum Gasteiger partial charge on any atom is -0.380 e. The lowest BCUT2D eigenvalue weighted by atomic mass is 9.69. The van der Waals surface area contributed by atoms with Crippen molar-refractivity contribution in [1.82, 2.24) is 19.5 Å². The number of para-hydroxylation sites is 1. The van der Waals surface area contributed by atoms with Crippen LogP contribution in [0.1, 0.15) is 35.9 Å². The maximum atomic E-state index is 14.7. The fourth-order valence-corrected chi connectivity index (χ4v) is 5.39. The van der Waals surface area contributed by atoms with Gasteiger partial charge in [0.05, 0.1) is 5.39 Å². The van der Waals surface area contributed by atoms with Crippen molar-refractivity contribution in [2.45, 2.75) is 43.9 Å². The highest BCUT2D eigenvalue weighted by molar-refractivity contribution is 5.81. The van der Waals surface area contributed by atoms with Gasteiger partial charge in [0.15, 0.2) is 5.60 Å². The molecule has 4 N–H and O–H groups in total. The Morgan fingerprint density at radius 2 is 1.69 bits per heavy atom. The van der Waals surface area contributed by atoms with E-state index >= 15 is 0 Å². The van der Waals surface area contributed by atoms with Gasteiger partial charge >= 0.3 is 11.9 Å². The normalized spacial score (nSPS) is 15.5. The summed E-state index contributed by atoms with van der Waals surface area (Å²) in [7, 11) is 1.24. The van der Waals surface area contributed by atoms with Crippen LogP contribution >= 0.6 is 0 Å². The van der Waals surface area contributed by atoms with Gasteiger partial charge in [-0.05, 0) is 60.7 Å². The maximum absolute atomic E-state index is 14.7. The predicted molar refractivity (Wildman–Crippen MR) is 139 cm³/mol. The fraction of sp³-hybridized carbons (Fsp3) is 0.286. The van der Waals surface area contributed by atoms with E-state index in [4.69, 9.17) is 0 Å². The summed E-state index contributed by atoms with van der Waals surface area (Å²) < 4.78 is 59.5. The minimum atomic E-state index is -5.11. The summed E-state index contributed by atoms with van der Waals surface area (Å²) in [5.41, 5.74) is -4.52. The molecule has 0 saturated carbocycles. The molecule has 0 aliphatic rings. The Labute approximate surface area is 219 Å². The number of hydrogen-bond acceptors (Lipinski definition) is 3. The summed E-state index contributed by atoms with van der Waals surface area (Å²) in [5, 5.41) is 12.1. The van der Waals surface area contributed by atoms with Crippen LogP contribution in [0.15, 0.2) is 64.2 Å². The molecule has 2 aromatic carbocycles. The molecular formula is C28H26F4N4O3. The van der Waals surface area contributed by atoms with Crippen LogP contribution in [0.4, 0.5) is 17.6 Å². The molecule has 3 aromatic heterocycles. The van der Waals surface area contributed by atoms with Gasteiger partial charge in [0.25, 0.3) is 5.56 Å². The molecule has 7 nitrogen and oxygen atoms in total. The first kappa shape index (κ1) is 26.5. The average Bonchev–Trinajstić information content (AvgIpc) is 3.47. The summed E-state index contributed by atoms with van der Waals surface area (Å²) in [6, 6.07) is 14.0. The Kier molecular flexibility index (Phi) is 6.10. The zero-order valence-electron chi connectivity index (χ0n) is 21.3. The first-order chi connectivity index (χ1) is 18.2. The summed E-state index contributed by atoms with van der Waals surface area (Å²) >= 11 is 0. The summed E-state index contributed by atoms with van der Waals surface area (Å²) in [4.78, 5) is 32.7. The maximum Gasteiger partial charge on any atom is 0.417 e. The van der Waals surface area contributed by atoms with E-state index in [0.717, 1.165) is 9.95 Å². The van der Waals surface area contributed by atoms with Crippen LogP contribution in [-0.2, 0) is 18.9 Å². The van der Waals surface area contributed by atoms with Gasteiger partial charge in [0.2, 0.25) is 0 Å². The minimum absolute atomic E-state index is 0.0176. The van der Waals surface area contributed by atoms with Crippen molar-refractivity contribution in [1.29, 1.82) is 0 Å². The molecule has 2 atom stereocenters. The number of nitrogens with zero attached hydrogens (tertiary/aromatic N) is 1. The predicted octanol–water partition coefficient (Wildman–Crippen LogP) is 4.72. The molecular weight excluding hydrogens is 516 g/mol. The smallest absolute Gasteiger partial charge is 0.380 e. The van der Waals surface area contributed by atoms with Gasteiger partial charge in [-0.2, -0.15) is 13.2 Å². The Balaban J connectivity index is 1.68. The molecule has 0 spiro atoms. The largest absolute Gasteiger partial charge is 0.417 e. The molecule has 0 radical (unpaired) electrons. The van der Waals surface area contributed by atoms with Crippen molar-refractivity contribution in [3.63, 3.8) is 0 Å². The quantitative estimate of drug-likeness (QED) is 0.234. The summed E-state index contributed by atoms with van der Waals surface area (Å²) in [5.74, 6) is -0.621. The van der Waals surface area contributed by atoms with E-state index in [9.17, 15) is 32.3 Å². The van der Waals surface area contributed by atoms with Gasteiger partial charge < -0.3 is 15.1 Å². The van der Waals surface area contributed by atoms with Crippen molar-refractivity contribution in [3.8, 4) is 0 Å². The Morgan fingerprint density at radius 1 is 0.974 bits per heavy atom. The third-order valence-corrected chi connectivity index (χ3v) is 7.52. The van der Waals surface area contributed by atoms with E-state index in [-0.39, 0.29) is 22.3 Å². The van der Waals surface area contributed by atoms with Crippen molar-refractivity contribution >= 4 is 21.9 Å². The van der Waals surface area contributed by atoms with Gasteiger partial charge in [0, 0.05) is 42.2 Å². The van der Waals surface area contributed by atoms with Crippen molar-refractivity contribution in [2.24, 2.45) is 7.05 Å². The molecule has 0 aliphatic heterocycles. The van der Waals surface area contributed by atoms with Crippen molar-refractivity contribution in [2.75, 3.05) is 0 Å². The average molecular weight is 543 g/mol. The van der Waals surface area contributed by atoms with Gasteiger partial charge in [-0.25, -0.2) is 9.18 Å². The molecule has 5 aromatic rings. The second-order valence-corrected chi connectivity index (χ2v) is 10.3. The molecule has 204 valence electrons. The number of nitrogens with one attached hydrogen (secondary N) is 3. The molecule has 0 saturated heterocycles. The Bertz CT molecular complexity index is 1800. The highest BCUT2D eigenvalue weighted by Gasteiger charge is 2.57. The van der Waals surface area contributed by atoms with Crippen LogP contribution in [0.25, 0.3) is 21.9 Å². The summed E-state index contributed by atoms with van der Waals surface area (Å²) in [6.07, 6.45) is -6.93. The van der Waals surface area contributed by atoms with Crippen LogP contribution in [0.3, 0.4) is 0 Å². The molecule has 0 aliphatic carbocycles. The molecule has 0 bridgehead atoms. The highest BCUT2D eigenvalue weighted by atomic mass is 19.4. The molecule has 0 fully saturated rings. The van der Waals surface area contributed by atoms with Gasteiger partial charge in [0.1, 0.15) is 11.5 Å². The number of aromatic amines is 3. The standard InChI is InChI=1S/C28H26F4N4O3/c1-15-8-9-17(29)11-20(15)26(2,22-10-16-6-4-5-7-21(16)34-22)14-27(39,28(30,31)32)13-18-12-19-23(33-18)35-25(38)36(3)24(19)37/h4-12,33-34,39H,13-14H2,1-3H3,(H,35,38). The number of H-pyrrole nitrogens is 3. The van der Waals surface area contributed by atoms with Crippen LogP contribution in [0.5, 0.6) is 0 Å². The number of fused-ring (bicyclic) bond motifs is 2. The van der Waals surface area contributed by atoms with E-state index in [2.05, 4.69) is 15.0 Å². The lowest BCUT2D eigenvalue weighted by molar-refractivity contribution is -0.266. The Hall–Kier alpha value is -4.12. The van der Waals surface area contributed by atoms with Crippen LogP contribution in [0, 0.1) is 12.7 Å². The first-order valence-electron chi connectivity index (χ1n) is 12.2. The third-order valence-electron chi connectivity index (χ3n) is 7.52. The molecule has 39 heavy (non-hydrogen) atoms. The second kappa shape index (κ2) is 8.98. The number of hydrogen-bond donors (Lipinski definition) is 4. The lowest BCUT2D eigenvalue weighted by Gasteiger charge is -2.40. The summed E-state index contributed by atoms with van der Waals surface area (Å²) in [6.45, 7) is 3.21. The molecule has 0 amide bonds. The zero-order chi connectivity index (χ0) is 28.3. The van der Waals surface area contributed by atoms with E-state index in [1.54, 1.807) is 37.3 Å². The number of benzene rings is 2. The first-order valence-corrected chi connectivity index (χ1v) is 12.2. The van der Waals surface area contributed by atoms with E-state index < -0.39 is 47.1 Å². The van der Waals surface area contributed by atoms with Crippen molar-refractivity contribution in [3.05, 3.63) is 104 Å². The van der Waals surface area contributed by atoms with Gasteiger partial charge in [-0.3, -0.25) is 14.3 Å². The number of aryl methyl sites for hydroxylation is 1. The molecule has 3 heterocycles. The molecule has 2 unspecified atom stereocenters. The third kappa shape index (κ3) is 4.46. The number of rotatable bonds is 6.